The first-order chi connectivity index (χ1) is 17.1. The van der Waals surface area contributed by atoms with E-state index in [2.05, 4.69) is 32.7 Å². The summed E-state index contributed by atoms with van der Waals surface area (Å²) in [5.41, 5.74) is 3.18. The molecule has 1 amide bonds. The lowest BCUT2D eigenvalue weighted by molar-refractivity contribution is -0.139. The van der Waals surface area contributed by atoms with Gasteiger partial charge < -0.3 is 25.4 Å². The van der Waals surface area contributed by atoms with Crippen molar-refractivity contribution in [2.75, 3.05) is 25.0 Å². The van der Waals surface area contributed by atoms with E-state index in [0.717, 1.165) is 75.1 Å². The summed E-state index contributed by atoms with van der Waals surface area (Å²) in [6.45, 7) is 2.60. The highest BCUT2D eigenvalue weighted by Gasteiger charge is 2.30. The number of carbonyl (C=O) groups excluding carboxylic acids is 1. The van der Waals surface area contributed by atoms with Crippen LogP contribution >= 0.6 is 0 Å². The fourth-order valence-electron chi connectivity index (χ4n) is 4.41. The molecular formula is C26H35N5O4. The second kappa shape index (κ2) is 12.5. The predicted octanol–water partition coefficient (Wildman–Crippen LogP) is 3.39. The summed E-state index contributed by atoms with van der Waals surface area (Å²) in [5.74, 6) is -0.00861. The van der Waals surface area contributed by atoms with Gasteiger partial charge in [0, 0.05) is 42.8 Å². The number of carbonyl (C=O) groups is 2. The summed E-state index contributed by atoms with van der Waals surface area (Å²) < 4.78 is 5.15. The van der Waals surface area contributed by atoms with Crippen LogP contribution in [-0.2, 0) is 29.0 Å². The molecule has 1 saturated carbocycles. The van der Waals surface area contributed by atoms with Crippen LogP contribution in [0.2, 0.25) is 0 Å². The van der Waals surface area contributed by atoms with Crippen molar-refractivity contribution >= 4 is 17.9 Å². The van der Waals surface area contributed by atoms with E-state index >= 15 is 0 Å². The van der Waals surface area contributed by atoms with Crippen molar-refractivity contribution in [3.8, 4) is 0 Å². The molecule has 2 aromatic rings. The number of pyridine rings is 2. The number of carboxylic acid groups (broad SMARTS) is 1. The van der Waals surface area contributed by atoms with Crippen LogP contribution in [0.3, 0.4) is 0 Å². The van der Waals surface area contributed by atoms with Crippen molar-refractivity contribution in [1.82, 2.24) is 20.2 Å². The molecule has 0 bridgehead atoms. The normalized spacial score (nSPS) is 15.7. The second-order valence-electron chi connectivity index (χ2n) is 9.33. The first-order valence-corrected chi connectivity index (χ1v) is 12.6. The number of fused-ring (bicyclic) bond motifs is 1. The number of aromatic nitrogens is 2. The quantitative estimate of drug-likeness (QED) is 0.373. The summed E-state index contributed by atoms with van der Waals surface area (Å²) in [6, 6.07) is 7.42. The summed E-state index contributed by atoms with van der Waals surface area (Å²) >= 11 is 0. The predicted molar refractivity (Wildman–Crippen MR) is 132 cm³/mol. The summed E-state index contributed by atoms with van der Waals surface area (Å²) in [5, 5.41) is 15.5. The van der Waals surface area contributed by atoms with Gasteiger partial charge in [-0.05, 0) is 75.6 Å². The van der Waals surface area contributed by atoms with E-state index in [1.54, 1.807) is 24.5 Å². The van der Waals surface area contributed by atoms with E-state index < -0.39 is 18.1 Å². The number of aliphatic carboxylic acids is 1. The molecule has 2 aliphatic rings. The molecule has 0 spiro atoms. The van der Waals surface area contributed by atoms with Crippen LogP contribution in [0.15, 0.2) is 36.7 Å². The van der Waals surface area contributed by atoms with Crippen molar-refractivity contribution in [2.24, 2.45) is 0 Å². The van der Waals surface area contributed by atoms with Gasteiger partial charge in [-0.1, -0.05) is 12.1 Å². The fraction of sp³-hybridized carbons (Fsp3) is 0.538. The number of carboxylic acids is 1. The van der Waals surface area contributed by atoms with E-state index in [1.165, 1.54) is 5.56 Å². The molecule has 0 saturated heterocycles. The Bertz CT molecular complexity index is 983. The molecule has 3 heterocycles. The van der Waals surface area contributed by atoms with Gasteiger partial charge in [-0.15, -0.1) is 0 Å². The van der Waals surface area contributed by atoms with E-state index in [1.807, 2.05) is 0 Å². The maximum atomic E-state index is 12.1. The fourth-order valence-corrected chi connectivity index (χ4v) is 4.41. The molecule has 1 aliphatic carbocycles. The van der Waals surface area contributed by atoms with Crippen molar-refractivity contribution in [3.05, 3.63) is 53.5 Å². The SMILES string of the molecule is O=C(NC(CCN(CCCCc1ccc2c(n1)NCCC2)C1CC1)C(=O)O)OCc1cccnc1. The monoisotopic (exact) mass is 481 g/mol. The molecule has 0 radical (unpaired) electrons. The zero-order chi connectivity index (χ0) is 24.5. The third-order valence-corrected chi connectivity index (χ3v) is 6.53. The Hall–Kier alpha value is -3.20. The molecule has 1 fully saturated rings. The van der Waals surface area contributed by atoms with Gasteiger partial charge in [0.05, 0.1) is 0 Å². The number of unbranched alkanes of at least 4 members (excludes halogenated alkanes) is 1. The standard InChI is InChI=1S/C26H35N5O4/c32-25(33)23(30-26(34)35-18-19-5-3-13-27-17-19)12-16-31(22-10-11-22)15-2-1-7-21-9-8-20-6-4-14-28-24(20)29-21/h3,5,8-9,13,17,22-23H,1-2,4,6-7,10-12,14-16,18H2,(H,28,29)(H,30,34)(H,32,33). The Kier molecular flexibility index (Phi) is 8.89. The van der Waals surface area contributed by atoms with Crippen molar-refractivity contribution in [3.63, 3.8) is 0 Å². The maximum Gasteiger partial charge on any atom is 0.408 e. The number of alkyl carbamates (subject to hydrolysis) is 1. The van der Waals surface area contributed by atoms with E-state index in [-0.39, 0.29) is 6.61 Å². The topological polar surface area (TPSA) is 117 Å². The highest BCUT2D eigenvalue weighted by molar-refractivity contribution is 5.79. The number of aryl methyl sites for hydroxylation is 2. The van der Waals surface area contributed by atoms with Crippen molar-refractivity contribution < 1.29 is 19.4 Å². The minimum Gasteiger partial charge on any atom is -0.480 e. The average molecular weight is 482 g/mol. The number of hydrogen-bond acceptors (Lipinski definition) is 7. The Morgan fingerprint density at radius 3 is 2.89 bits per heavy atom. The van der Waals surface area contributed by atoms with Gasteiger partial charge in [-0.2, -0.15) is 0 Å². The molecule has 0 aromatic carbocycles. The van der Waals surface area contributed by atoms with E-state index in [4.69, 9.17) is 9.72 Å². The molecule has 1 aliphatic heterocycles. The molecule has 3 N–H and O–H groups in total. The molecule has 188 valence electrons. The maximum absolute atomic E-state index is 12.1. The van der Waals surface area contributed by atoms with Crippen LogP contribution < -0.4 is 10.6 Å². The smallest absolute Gasteiger partial charge is 0.408 e. The number of amides is 1. The minimum atomic E-state index is -1.05. The van der Waals surface area contributed by atoms with E-state index in [9.17, 15) is 14.7 Å². The Balaban J connectivity index is 1.18. The van der Waals surface area contributed by atoms with Crippen LogP contribution in [0.5, 0.6) is 0 Å². The molecular weight excluding hydrogens is 446 g/mol. The molecule has 4 rings (SSSR count). The molecule has 35 heavy (non-hydrogen) atoms. The lowest BCUT2D eigenvalue weighted by Gasteiger charge is -2.24. The van der Waals surface area contributed by atoms with E-state index in [0.29, 0.717) is 19.0 Å². The van der Waals surface area contributed by atoms with Gasteiger partial charge in [0.2, 0.25) is 0 Å². The third-order valence-electron chi connectivity index (χ3n) is 6.53. The molecule has 2 aromatic heterocycles. The zero-order valence-electron chi connectivity index (χ0n) is 20.1. The lowest BCUT2D eigenvalue weighted by atomic mass is 10.1. The van der Waals surface area contributed by atoms with Crippen LogP contribution in [0.25, 0.3) is 0 Å². The zero-order valence-corrected chi connectivity index (χ0v) is 20.1. The Labute approximate surface area is 206 Å². The Morgan fingerprint density at radius 2 is 2.11 bits per heavy atom. The van der Waals surface area contributed by atoms with Gasteiger partial charge in [0.15, 0.2) is 0 Å². The van der Waals surface area contributed by atoms with Gasteiger partial charge in [-0.25, -0.2) is 14.6 Å². The first kappa shape index (κ1) is 24.9. The molecule has 1 atom stereocenters. The van der Waals surface area contributed by atoms with Crippen LogP contribution in [0.1, 0.15) is 55.3 Å². The summed E-state index contributed by atoms with van der Waals surface area (Å²) in [6.07, 6.45) is 10.4. The summed E-state index contributed by atoms with van der Waals surface area (Å²) in [7, 11) is 0. The van der Waals surface area contributed by atoms with Gasteiger partial charge in [0.25, 0.3) is 0 Å². The highest BCUT2D eigenvalue weighted by atomic mass is 16.5. The number of ether oxygens (including phenoxy) is 1. The van der Waals surface area contributed by atoms with Crippen LogP contribution in [0.4, 0.5) is 10.6 Å². The lowest BCUT2D eigenvalue weighted by Crippen LogP contribution is -2.43. The van der Waals surface area contributed by atoms with Crippen LogP contribution in [0, 0.1) is 0 Å². The molecule has 9 nitrogen and oxygen atoms in total. The first-order valence-electron chi connectivity index (χ1n) is 12.6. The highest BCUT2D eigenvalue weighted by Crippen LogP contribution is 2.27. The number of hydrogen-bond donors (Lipinski definition) is 3. The Morgan fingerprint density at radius 1 is 1.23 bits per heavy atom. The van der Waals surface area contributed by atoms with Crippen molar-refractivity contribution in [1.29, 1.82) is 0 Å². The van der Waals surface area contributed by atoms with Crippen LogP contribution in [-0.4, -0.2) is 63.8 Å². The third kappa shape index (κ3) is 7.92. The second-order valence-corrected chi connectivity index (χ2v) is 9.33. The number of anilines is 1. The summed E-state index contributed by atoms with van der Waals surface area (Å²) in [4.78, 5) is 34.9. The van der Waals surface area contributed by atoms with Gasteiger partial charge >= 0.3 is 12.1 Å². The van der Waals surface area contributed by atoms with Gasteiger partial charge in [0.1, 0.15) is 18.5 Å². The van der Waals surface area contributed by atoms with Crippen molar-refractivity contribution in [2.45, 2.75) is 70.1 Å². The largest absolute Gasteiger partial charge is 0.480 e. The number of rotatable bonds is 13. The average Bonchev–Trinajstić information content (AvgIpc) is 3.72. The molecule has 9 heteroatoms. The minimum absolute atomic E-state index is 0.0509. The number of nitrogens with one attached hydrogen (secondary N) is 2. The molecule has 1 unspecified atom stereocenters. The number of nitrogens with zero attached hydrogens (tertiary/aromatic N) is 3. The van der Waals surface area contributed by atoms with Gasteiger partial charge in [-0.3, -0.25) is 4.98 Å².